The van der Waals surface area contributed by atoms with E-state index >= 15 is 0 Å². The third kappa shape index (κ3) is 3.93. The number of likely N-dealkylation sites (tertiary alicyclic amines) is 1. The molecule has 1 atom stereocenters. The molecule has 2 fully saturated rings. The minimum Gasteiger partial charge on any atom is -0.302 e. The molecule has 5 heteroatoms. The van der Waals surface area contributed by atoms with Crippen molar-refractivity contribution < 1.29 is 8.42 Å². The number of sulfone groups is 1. The molecule has 100 valence electrons. The first-order valence-corrected chi connectivity index (χ1v) is 8.52. The van der Waals surface area contributed by atoms with Crippen molar-refractivity contribution in [2.24, 2.45) is 0 Å². The van der Waals surface area contributed by atoms with Gasteiger partial charge in [-0.25, -0.2) is 8.42 Å². The summed E-state index contributed by atoms with van der Waals surface area (Å²) in [7, 11) is -0.674. The Morgan fingerprint density at radius 2 is 1.94 bits per heavy atom. The summed E-state index contributed by atoms with van der Waals surface area (Å²) in [5.41, 5.74) is 0. The second-order valence-electron chi connectivity index (χ2n) is 5.44. The maximum Gasteiger partial charge on any atom is 0.151 e. The topological polar surface area (TPSA) is 40.6 Å². The van der Waals surface area contributed by atoms with Gasteiger partial charge in [0, 0.05) is 19.1 Å². The van der Waals surface area contributed by atoms with Crippen LogP contribution in [0.5, 0.6) is 0 Å². The number of nitrogens with zero attached hydrogens (tertiary/aromatic N) is 2. The van der Waals surface area contributed by atoms with Crippen LogP contribution in [0.1, 0.15) is 25.7 Å². The van der Waals surface area contributed by atoms with Crippen LogP contribution in [0.2, 0.25) is 0 Å². The minimum atomic E-state index is -2.74. The highest BCUT2D eigenvalue weighted by molar-refractivity contribution is 7.91. The van der Waals surface area contributed by atoms with Gasteiger partial charge in [0.15, 0.2) is 9.84 Å². The van der Waals surface area contributed by atoms with Gasteiger partial charge in [-0.3, -0.25) is 0 Å². The van der Waals surface area contributed by atoms with Crippen LogP contribution in [-0.2, 0) is 9.84 Å². The third-order valence-corrected chi connectivity index (χ3v) is 5.80. The van der Waals surface area contributed by atoms with Crippen LogP contribution in [0.25, 0.3) is 0 Å². The van der Waals surface area contributed by atoms with Crippen LogP contribution >= 0.6 is 0 Å². The van der Waals surface area contributed by atoms with E-state index in [1.54, 1.807) is 0 Å². The van der Waals surface area contributed by atoms with Crippen molar-refractivity contribution in [2.45, 2.75) is 31.7 Å². The van der Waals surface area contributed by atoms with E-state index in [1.807, 2.05) is 0 Å². The molecule has 2 aliphatic rings. The summed E-state index contributed by atoms with van der Waals surface area (Å²) in [5.74, 6) is 0.745. The lowest BCUT2D eigenvalue weighted by Gasteiger charge is -2.30. The number of likely N-dealkylation sites (N-methyl/N-ethyl adjacent to an activating group) is 1. The van der Waals surface area contributed by atoms with Crippen LogP contribution < -0.4 is 0 Å². The number of rotatable bonds is 4. The molecule has 0 spiro atoms. The first-order valence-electron chi connectivity index (χ1n) is 6.70. The van der Waals surface area contributed by atoms with Gasteiger partial charge in [-0.2, -0.15) is 0 Å². The maximum absolute atomic E-state index is 11.4. The van der Waals surface area contributed by atoms with Crippen LogP contribution in [0.4, 0.5) is 0 Å². The number of hydrogen-bond acceptors (Lipinski definition) is 4. The monoisotopic (exact) mass is 260 g/mol. The Balaban J connectivity index is 1.72. The number of hydrogen-bond donors (Lipinski definition) is 0. The van der Waals surface area contributed by atoms with Crippen LogP contribution in [0.15, 0.2) is 0 Å². The highest BCUT2D eigenvalue weighted by atomic mass is 32.2. The summed E-state index contributed by atoms with van der Waals surface area (Å²) in [5, 5.41) is 0. The molecule has 1 unspecified atom stereocenters. The Morgan fingerprint density at radius 3 is 2.53 bits per heavy atom. The zero-order valence-electron chi connectivity index (χ0n) is 10.8. The van der Waals surface area contributed by atoms with Crippen LogP contribution in [-0.4, -0.2) is 69.0 Å². The molecule has 2 heterocycles. The molecule has 0 aromatic heterocycles. The van der Waals surface area contributed by atoms with Gasteiger partial charge in [-0.1, -0.05) is 6.42 Å². The van der Waals surface area contributed by atoms with Gasteiger partial charge < -0.3 is 9.80 Å². The lowest BCUT2D eigenvalue weighted by Crippen LogP contribution is -2.40. The van der Waals surface area contributed by atoms with E-state index < -0.39 is 9.84 Å². The van der Waals surface area contributed by atoms with E-state index in [2.05, 4.69) is 16.8 Å². The fourth-order valence-corrected chi connectivity index (χ4v) is 4.59. The molecule has 0 aromatic rings. The van der Waals surface area contributed by atoms with Crippen molar-refractivity contribution in [3.63, 3.8) is 0 Å². The molecule has 0 saturated carbocycles. The smallest absolute Gasteiger partial charge is 0.151 e. The molecule has 2 rings (SSSR count). The lowest BCUT2D eigenvalue weighted by atomic mass is 10.1. The van der Waals surface area contributed by atoms with E-state index in [0.717, 1.165) is 19.5 Å². The quantitative estimate of drug-likeness (QED) is 0.742. The van der Waals surface area contributed by atoms with Crippen LogP contribution in [0.3, 0.4) is 0 Å². The van der Waals surface area contributed by atoms with E-state index in [1.165, 1.54) is 32.4 Å². The van der Waals surface area contributed by atoms with Crippen molar-refractivity contribution in [1.82, 2.24) is 9.80 Å². The van der Waals surface area contributed by atoms with Gasteiger partial charge in [-0.05, 0) is 39.4 Å². The molecular formula is C12H24N2O2S. The second kappa shape index (κ2) is 5.67. The molecule has 0 amide bonds. The highest BCUT2D eigenvalue weighted by Crippen LogP contribution is 2.16. The molecule has 0 bridgehead atoms. The fraction of sp³-hybridized carbons (Fsp3) is 1.00. The van der Waals surface area contributed by atoms with Gasteiger partial charge in [0.05, 0.1) is 11.5 Å². The highest BCUT2D eigenvalue weighted by Gasteiger charge is 2.30. The zero-order chi connectivity index (χ0) is 12.3. The predicted octanol–water partition coefficient (Wildman–Crippen LogP) is 0.591. The summed E-state index contributed by atoms with van der Waals surface area (Å²) < 4.78 is 22.8. The Hall–Kier alpha value is -0.130. The fourth-order valence-electron chi connectivity index (χ4n) is 2.79. The van der Waals surface area contributed by atoms with Crippen molar-refractivity contribution >= 4 is 9.84 Å². The molecule has 0 radical (unpaired) electrons. The summed E-state index contributed by atoms with van der Waals surface area (Å²) in [6.07, 6.45) is 4.83. The number of piperidine rings is 1. The van der Waals surface area contributed by atoms with Gasteiger partial charge in [0.1, 0.15) is 0 Å². The van der Waals surface area contributed by atoms with Crippen molar-refractivity contribution in [1.29, 1.82) is 0 Å². The van der Waals surface area contributed by atoms with E-state index in [4.69, 9.17) is 0 Å². The largest absolute Gasteiger partial charge is 0.302 e. The summed E-state index contributed by atoms with van der Waals surface area (Å²) in [4.78, 5) is 4.74. The SMILES string of the molecule is CN(CCN1CCCCC1)C1CCS(=O)(=O)C1. The third-order valence-electron chi connectivity index (χ3n) is 4.05. The van der Waals surface area contributed by atoms with Gasteiger partial charge in [0.25, 0.3) is 0 Å². The van der Waals surface area contributed by atoms with Gasteiger partial charge >= 0.3 is 0 Å². The van der Waals surface area contributed by atoms with Crippen molar-refractivity contribution in [2.75, 3.05) is 44.7 Å². The molecule has 4 nitrogen and oxygen atoms in total. The first kappa shape index (κ1) is 13.3. The van der Waals surface area contributed by atoms with Crippen molar-refractivity contribution in [3.8, 4) is 0 Å². The van der Waals surface area contributed by atoms with Gasteiger partial charge in [0.2, 0.25) is 0 Å². The van der Waals surface area contributed by atoms with E-state index in [-0.39, 0.29) is 6.04 Å². The molecular weight excluding hydrogens is 236 g/mol. The molecule has 2 aliphatic heterocycles. The Morgan fingerprint density at radius 1 is 1.24 bits per heavy atom. The van der Waals surface area contributed by atoms with E-state index in [0.29, 0.717) is 11.5 Å². The lowest BCUT2D eigenvalue weighted by molar-refractivity contribution is 0.177. The summed E-state index contributed by atoms with van der Waals surface area (Å²) in [6.45, 7) is 4.53. The first-order chi connectivity index (χ1) is 8.07. The second-order valence-corrected chi connectivity index (χ2v) is 7.67. The Bertz CT molecular complexity index is 336. The maximum atomic E-state index is 11.4. The average molecular weight is 260 g/mol. The normalized spacial score (nSPS) is 29.9. The zero-order valence-corrected chi connectivity index (χ0v) is 11.6. The molecule has 0 aliphatic carbocycles. The minimum absolute atomic E-state index is 0.254. The molecule has 17 heavy (non-hydrogen) atoms. The predicted molar refractivity (Wildman–Crippen MR) is 70.0 cm³/mol. The molecule has 2 saturated heterocycles. The van der Waals surface area contributed by atoms with E-state index in [9.17, 15) is 8.42 Å². The van der Waals surface area contributed by atoms with Crippen LogP contribution in [0, 0.1) is 0 Å². The molecule has 0 N–H and O–H groups in total. The standard InChI is InChI=1S/C12H24N2O2S/c1-13(12-5-10-17(15,16)11-12)8-9-14-6-3-2-4-7-14/h12H,2-11H2,1H3. The Kier molecular flexibility index (Phi) is 4.44. The Labute approximate surface area is 105 Å². The van der Waals surface area contributed by atoms with Crippen molar-refractivity contribution in [3.05, 3.63) is 0 Å². The molecule has 0 aromatic carbocycles. The van der Waals surface area contributed by atoms with Gasteiger partial charge in [-0.15, -0.1) is 0 Å². The summed E-state index contributed by atoms with van der Waals surface area (Å²) >= 11 is 0. The average Bonchev–Trinajstić information content (AvgIpc) is 2.68. The summed E-state index contributed by atoms with van der Waals surface area (Å²) in [6, 6.07) is 0.254.